The molecule has 0 bridgehead atoms. The van der Waals surface area contributed by atoms with Gasteiger partial charge in [-0.1, -0.05) is 42.5 Å². The molecule has 1 amide bonds. The summed E-state index contributed by atoms with van der Waals surface area (Å²) < 4.78 is 6.17. The molecule has 2 aromatic heterocycles. The van der Waals surface area contributed by atoms with Crippen LogP contribution in [0.25, 0.3) is 26.7 Å². The van der Waals surface area contributed by atoms with Crippen molar-refractivity contribution in [3.05, 3.63) is 88.5 Å². The molecule has 0 aliphatic rings. The third kappa shape index (κ3) is 5.13. The summed E-state index contributed by atoms with van der Waals surface area (Å²) in [5, 5.41) is 3.32. The molecule has 0 radical (unpaired) electrons. The summed E-state index contributed by atoms with van der Waals surface area (Å²) in [7, 11) is 0. The molecule has 0 spiro atoms. The molecule has 7 nitrogen and oxygen atoms in total. The average molecular weight is 474 g/mol. The van der Waals surface area contributed by atoms with Crippen LogP contribution in [-0.4, -0.2) is 28.0 Å². The second kappa shape index (κ2) is 10.3. The lowest BCUT2D eigenvalue weighted by Crippen LogP contribution is -2.27. The first kappa shape index (κ1) is 23.1. The minimum absolute atomic E-state index is 0.151. The lowest BCUT2D eigenvalue weighted by Gasteiger charge is -2.08. The summed E-state index contributed by atoms with van der Waals surface area (Å²) in [4.78, 5) is 43.2. The zero-order valence-corrected chi connectivity index (χ0v) is 19.6. The zero-order valence-electron chi connectivity index (χ0n) is 18.8. The molecule has 0 aliphatic heterocycles. The SMILES string of the molecule is CCOC(=O)/C=C/c1ccc(NC(=O)Cn2cnc3sc(-c4ccccc4)c(C)c3c2=O)cc1. The minimum Gasteiger partial charge on any atom is -0.463 e. The smallest absolute Gasteiger partial charge is 0.330 e. The molecule has 0 unspecified atom stereocenters. The van der Waals surface area contributed by atoms with E-state index in [-0.39, 0.29) is 18.0 Å². The van der Waals surface area contributed by atoms with Crippen LogP contribution in [0, 0.1) is 6.92 Å². The number of benzene rings is 2. The molecule has 2 aromatic carbocycles. The van der Waals surface area contributed by atoms with Gasteiger partial charge >= 0.3 is 5.97 Å². The lowest BCUT2D eigenvalue weighted by atomic mass is 10.1. The Morgan fingerprint density at radius 3 is 2.56 bits per heavy atom. The maximum atomic E-state index is 13.1. The van der Waals surface area contributed by atoms with Crippen molar-refractivity contribution in [2.45, 2.75) is 20.4 Å². The number of hydrogen-bond donors (Lipinski definition) is 1. The fraction of sp³-hybridized carbons (Fsp3) is 0.154. The number of carbonyl (C=O) groups excluding carboxylic acids is 2. The normalized spacial score (nSPS) is 11.1. The van der Waals surface area contributed by atoms with Crippen LogP contribution >= 0.6 is 11.3 Å². The molecule has 34 heavy (non-hydrogen) atoms. The van der Waals surface area contributed by atoms with Crippen molar-refractivity contribution in [1.82, 2.24) is 9.55 Å². The maximum Gasteiger partial charge on any atom is 0.330 e. The summed E-state index contributed by atoms with van der Waals surface area (Å²) >= 11 is 1.47. The number of fused-ring (bicyclic) bond motifs is 1. The third-order valence-corrected chi connectivity index (χ3v) is 6.41. The van der Waals surface area contributed by atoms with Crippen LogP contribution in [0.1, 0.15) is 18.1 Å². The Morgan fingerprint density at radius 1 is 1.12 bits per heavy atom. The minimum atomic E-state index is -0.410. The zero-order chi connectivity index (χ0) is 24.1. The Hall–Kier alpha value is -4.04. The summed E-state index contributed by atoms with van der Waals surface area (Å²) in [6.07, 6.45) is 4.40. The highest BCUT2D eigenvalue weighted by Gasteiger charge is 2.16. The van der Waals surface area contributed by atoms with Gasteiger partial charge in [0.2, 0.25) is 5.91 Å². The van der Waals surface area contributed by atoms with Crippen LogP contribution in [0.4, 0.5) is 5.69 Å². The van der Waals surface area contributed by atoms with E-state index >= 15 is 0 Å². The molecule has 4 aromatic rings. The molecular weight excluding hydrogens is 450 g/mol. The summed E-state index contributed by atoms with van der Waals surface area (Å²) in [5.74, 6) is -0.748. The molecule has 0 atom stereocenters. The van der Waals surface area contributed by atoms with E-state index in [1.165, 1.54) is 28.3 Å². The van der Waals surface area contributed by atoms with Gasteiger partial charge in [0, 0.05) is 16.6 Å². The molecule has 8 heteroatoms. The molecule has 4 rings (SSSR count). The van der Waals surface area contributed by atoms with Crippen molar-refractivity contribution in [3.8, 4) is 10.4 Å². The maximum absolute atomic E-state index is 13.1. The largest absolute Gasteiger partial charge is 0.463 e. The summed E-state index contributed by atoms with van der Waals surface area (Å²) in [5.41, 5.74) is 3.03. The average Bonchev–Trinajstić information content (AvgIpc) is 3.18. The van der Waals surface area contributed by atoms with Crippen LogP contribution in [0.5, 0.6) is 0 Å². The summed E-state index contributed by atoms with van der Waals surface area (Å²) in [6, 6.07) is 16.9. The molecule has 0 saturated carbocycles. The number of hydrogen-bond acceptors (Lipinski definition) is 6. The van der Waals surface area contributed by atoms with Gasteiger partial charge in [-0.2, -0.15) is 0 Å². The number of anilines is 1. The predicted octanol–water partition coefficient (Wildman–Crippen LogP) is 4.65. The highest BCUT2D eigenvalue weighted by atomic mass is 32.1. The van der Waals surface area contributed by atoms with E-state index in [1.54, 1.807) is 37.3 Å². The second-order valence-corrected chi connectivity index (χ2v) is 8.53. The van der Waals surface area contributed by atoms with Crippen molar-refractivity contribution in [1.29, 1.82) is 0 Å². The van der Waals surface area contributed by atoms with Crippen LogP contribution in [0.15, 0.2) is 71.8 Å². The predicted molar refractivity (Wildman–Crippen MR) is 135 cm³/mol. The Bertz CT molecular complexity index is 1420. The third-order valence-electron chi connectivity index (χ3n) is 5.16. The van der Waals surface area contributed by atoms with Gasteiger partial charge in [0.05, 0.1) is 18.3 Å². The van der Waals surface area contributed by atoms with Gasteiger partial charge in [0.25, 0.3) is 5.56 Å². The quantitative estimate of drug-likeness (QED) is 0.312. The molecule has 2 heterocycles. The van der Waals surface area contributed by atoms with E-state index in [9.17, 15) is 14.4 Å². The van der Waals surface area contributed by atoms with E-state index in [4.69, 9.17) is 4.74 Å². The molecule has 0 aliphatic carbocycles. The number of carbonyl (C=O) groups is 2. The molecule has 0 fully saturated rings. The molecular formula is C26H23N3O4S. The van der Waals surface area contributed by atoms with E-state index in [0.29, 0.717) is 22.5 Å². The van der Waals surface area contributed by atoms with Gasteiger partial charge in [-0.15, -0.1) is 11.3 Å². The molecule has 172 valence electrons. The van der Waals surface area contributed by atoms with Crippen molar-refractivity contribution < 1.29 is 14.3 Å². The Labute approximate surface area is 200 Å². The van der Waals surface area contributed by atoms with Crippen molar-refractivity contribution in [2.24, 2.45) is 0 Å². The van der Waals surface area contributed by atoms with E-state index < -0.39 is 5.97 Å². The fourth-order valence-electron chi connectivity index (χ4n) is 3.52. The second-order valence-electron chi connectivity index (χ2n) is 7.54. The number of esters is 1. The lowest BCUT2D eigenvalue weighted by molar-refractivity contribution is -0.137. The van der Waals surface area contributed by atoms with Crippen LogP contribution in [0.3, 0.4) is 0 Å². The van der Waals surface area contributed by atoms with Crippen molar-refractivity contribution in [3.63, 3.8) is 0 Å². The topological polar surface area (TPSA) is 90.3 Å². The first-order valence-corrected chi connectivity index (χ1v) is 11.6. The highest BCUT2D eigenvalue weighted by Crippen LogP contribution is 2.35. The summed E-state index contributed by atoms with van der Waals surface area (Å²) in [6.45, 7) is 3.82. The number of nitrogens with one attached hydrogen (secondary N) is 1. The van der Waals surface area contributed by atoms with Crippen LogP contribution in [0.2, 0.25) is 0 Å². The fourth-order valence-corrected chi connectivity index (χ4v) is 4.67. The van der Waals surface area contributed by atoms with Crippen LogP contribution < -0.4 is 10.9 Å². The Balaban J connectivity index is 1.48. The van der Waals surface area contributed by atoms with E-state index in [2.05, 4.69) is 10.3 Å². The van der Waals surface area contributed by atoms with E-state index in [1.807, 2.05) is 37.3 Å². The standard InChI is InChI=1S/C26H23N3O4S/c1-3-33-22(31)14-11-18-9-12-20(13-10-18)28-21(30)15-29-16-27-25-23(26(29)32)17(2)24(34-25)19-7-5-4-6-8-19/h4-14,16H,3,15H2,1-2H3,(H,28,30)/b14-11+. The van der Waals surface area contributed by atoms with E-state index in [0.717, 1.165) is 21.6 Å². The van der Waals surface area contributed by atoms with Crippen molar-refractivity contribution >= 4 is 45.2 Å². The first-order valence-electron chi connectivity index (χ1n) is 10.7. The van der Waals surface area contributed by atoms with Gasteiger partial charge in [-0.05, 0) is 48.7 Å². The van der Waals surface area contributed by atoms with Gasteiger partial charge in [0.15, 0.2) is 0 Å². The van der Waals surface area contributed by atoms with Crippen LogP contribution in [-0.2, 0) is 20.9 Å². The number of nitrogens with zero attached hydrogens (tertiary/aromatic N) is 2. The van der Waals surface area contributed by atoms with Gasteiger partial charge in [0.1, 0.15) is 11.4 Å². The monoisotopic (exact) mass is 473 g/mol. The number of thiophene rings is 1. The number of aryl methyl sites for hydroxylation is 1. The molecule has 0 saturated heterocycles. The number of ether oxygens (including phenoxy) is 1. The van der Waals surface area contributed by atoms with Gasteiger partial charge in [-0.3, -0.25) is 14.2 Å². The Morgan fingerprint density at radius 2 is 1.85 bits per heavy atom. The van der Waals surface area contributed by atoms with Gasteiger partial charge < -0.3 is 10.1 Å². The number of aromatic nitrogens is 2. The number of rotatable bonds is 7. The number of amides is 1. The molecule has 1 N–H and O–H groups in total. The van der Waals surface area contributed by atoms with Gasteiger partial charge in [-0.25, -0.2) is 9.78 Å². The first-order chi connectivity index (χ1) is 16.5. The Kier molecular flexibility index (Phi) is 6.98. The van der Waals surface area contributed by atoms with Crippen molar-refractivity contribution in [2.75, 3.05) is 11.9 Å². The highest BCUT2D eigenvalue weighted by molar-refractivity contribution is 7.22.